The largest absolute Gasteiger partial charge is 0.393 e. The van der Waals surface area contributed by atoms with Crippen LogP contribution < -0.4 is 0 Å². The van der Waals surface area contributed by atoms with E-state index in [1.165, 1.54) is 57.8 Å². The minimum atomic E-state index is -0.0896. The molecule has 0 spiro atoms. The molecule has 3 heteroatoms. The van der Waals surface area contributed by atoms with Crippen molar-refractivity contribution in [1.29, 1.82) is 0 Å². The third-order valence-electron chi connectivity index (χ3n) is 11.3. The summed E-state index contributed by atoms with van der Waals surface area (Å²) in [5.74, 6) is 6.28. The van der Waals surface area contributed by atoms with E-state index in [1.54, 1.807) is 5.57 Å². The fourth-order valence-corrected chi connectivity index (χ4v) is 9.45. The molecule has 0 saturated heterocycles. The Balaban J connectivity index is 1.20. The molecule has 0 amide bonds. The lowest BCUT2D eigenvalue weighted by Crippen LogP contribution is -2.50. The molecular weight excluding hydrogens is 404 g/mol. The summed E-state index contributed by atoms with van der Waals surface area (Å²) in [5, 5.41) is 10.3. The van der Waals surface area contributed by atoms with E-state index < -0.39 is 0 Å². The molecule has 1 aromatic heterocycles. The third kappa shape index (κ3) is 4.26. The van der Waals surface area contributed by atoms with E-state index in [4.69, 9.17) is 0 Å². The van der Waals surface area contributed by atoms with Gasteiger partial charge in [0, 0.05) is 18.8 Å². The van der Waals surface area contributed by atoms with Crippen LogP contribution in [0.5, 0.6) is 0 Å². The lowest BCUT2D eigenvalue weighted by molar-refractivity contribution is -0.0573. The van der Waals surface area contributed by atoms with E-state index in [-0.39, 0.29) is 6.10 Å². The lowest BCUT2D eigenvalue weighted by Gasteiger charge is -2.58. The number of rotatable bonds is 7. The quantitative estimate of drug-likeness (QED) is 0.425. The molecule has 4 aliphatic rings. The van der Waals surface area contributed by atoms with Gasteiger partial charge in [0.1, 0.15) is 5.82 Å². The Bertz CT molecular complexity index is 830. The van der Waals surface area contributed by atoms with Crippen LogP contribution in [0.2, 0.25) is 0 Å². The second-order valence-electron chi connectivity index (χ2n) is 13.1. The summed E-state index contributed by atoms with van der Waals surface area (Å²) in [6.07, 6.45) is 21.7. The summed E-state index contributed by atoms with van der Waals surface area (Å²) in [5.41, 5.74) is 2.53. The van der Waals surface area contributed by atoms with Crippen LogP contribution in [0.25, 0.3) is 0 Å². The third-order valence-corrected chi connectivity index (χ3v) is 11.3. The molecule has 1 unspecified atom stereocenters. The van der Waals surface area contributed by atoms with E-state index in [2.05, 4.69) is 43.7 Å². The number of aromatic nitrogens is 2. The summed E-state index contributed by atoms with van der Waals surface area (Å²) in [6, 6.07) is 0. The van der Waals surface area contributed by atoms with Crippen molar-refractivity contribution < 1.29 is 5.11 Å². The van der Waals surface area contributed by atoms with E-state index in [9.17, 15) is 5.11 Å². The molecule has 0 aromatic carbocycles. The van der Waals surface area contributed by atoms with Crippen molar-refractivity contribution in [2.45, 2.75) is 111 Å². The van der Waals surface area contributed by atoms with Crippen LogP contribution in [-0.4, -0.2) is 21.2 Å². The Kier molecular flexibility index (Phi) is 6.57. The van der Waals surface area contributed by atoms with Gasteiger partial charge in [-0.2, -0.15) is 0 Å². The zero-order chi connectivity index (χ0) is 23.2. The number of hydrogen-bond acceptors (Lipinski definition) is 2. The smallest absolute Gasteiger partial charge is 0.106 e. The SMILES string of the molecule is CC(CCC[C@@H](C)[C@H]1CC[C@H]2[C@@H]3CC=C4C[C@@H](O)CC[C@]4(C)[C@H]3CC[C@]12C)Cc1ncc[nH]1. The van der Waals surface area contributed by atoms with E-state index in [1.807, 2.05) is 12.4 Å². The second kappa shape index (κ2) is 9.17. The molecule has 0 aliphatic heterocycles. The molecule has 5 rings (SSSR count). The van der Waals surface area contributed by atoms with Crippen LogP contribution >= 0.6 is 0 Å². The van der Waals surface area contributed by atoms with Crippen molar-refractivity contribution in [1.82, 2.24) is 9.97 Å². The van der Waals surface area contributed by atoms with E-state index in [0.717, 1.165) is 54.7 Å². The van der Waals surface area contributed by atoms with Gasteiger partial charge < -0.3 is 10.1 Å². The van der Waals surface area contributed by atoms with Crippen molar-refractivity contribution in [3.8, 4) is 0 Å². The number of nitrogens with zero attached hydrogens (tertiary/aromatic N) is 1. The predicted octanol–water partition coefficient (Wildman–Crippen LogP) is 7.33. The normalized spacial score (nSPS) is 42.1. The Morgan fingerprint density at radius 2 is 1.94 bits per heavy atom. The van der Waals surface area contributed by atoms with Gasteiger partial charge >= 0.3 is 0 Å². The topological polar surface area (TPSA) is 48.9 Å². The van der Waals surface area contributed by atoms with E-state index in [0.29, 0.717) is 16.7 Å². The second-order valence-corrected chi connectivity index (χ2v) is 13.1. The predicted molar refractivity (Wildman–Crippen MR) is 136 cm³/mol. The molecule has 9 atom stereocenters. The maximum atomic E-state index is 10.3. The minimum absolute atomic E-state index is 0.0896. The molecule has 3 nitrogen and oxygen atoms in total. The highest BCUT2D eigenvalue weighted by molar-refractivity contribution is 5.25. The zero-order valence-electron chi connectivity index (χ0n) is 21.7. The van der Waals surface area contributed by atoms with Gasteiger partial charge in [0.2, 0.25) is 0 Å². The zero-order valence-corrected chi connectivity index (χ0v) is 21.7. The Labute approximate surface area is 202 Å². The number of aliphatic hydroxyl groups is 1. The molecule has 3 saturated carbocycles. The van der Waals surface area contributed by atoms with Gasteiger partial charge in [0.15, 0.2) is 0 Å². The van der Waals surface area contributed by atoms with Gasteiger partial charge in [-0.3, -0.25) is 0 Å². The fraction of sp³-hybridized carbons (Fsp3) is 0.833. The first-order chi connectivity index (χ1) is 15.8. The highest BCUT2D eigenvalue weighted by atomic mass is 16.3. The Morgan fingerprint density at radius 3 is 2.73 bits per heavy atom. The summed E-state index contributed by atoms with van der Waals surface area (Å²) in [4.78, 5) is 7.68. The standard InChI is InChI=1S/C30H48N2O/c1-20(18-28-31-16-17-32-28)6-5-7-21(2)25-10-11-26-24-9-8-22-19-23(33)12-14-29(22,3)27(24)13-15-30(25,26)4/h8,16-17,20-21,23-27,33H,5-7,9-15,18-19H2,1-4H3,(H,31,32)/t20?,21-,23+,24+,25-,26+,27+,29+,30-/m1/s1. The van der Waals surface area contributed by atoms with Crippen LogP contribution in [0, 0.1) is 46.3 Å². The fourth-order valence-electron chi connectivity index (χ4n) is 9.45. The van der Waals surface area contributed by atoms with E-state index >= 15 is 0 Å². The van der Waals surface area contributed by atoms with Crippen LogP contribution in [0.3, 0.4) is 0 Å². The molecule has 1 aromatic rings. The molecule has 0 radical (unpaired) electrons. The van der Waals surface area contributed by atoms with Gasteiger partial charge in [-0.05, 0) is 97.7 Å². The average Bonchev–Trinajstić information content (AvgIpc) is 3.41. The Morgan fingerprint density at radius 1 is 1.09 bits per heavy atom. The minimum Gasteiger partial charge on any atom is -0.393 e. The number of nitrogens with one attached hydrogen (secondary N) is 1. The number of allylic oxidation sites excluding steroid dienone is 1. The first-order valence-electron chi connectivity index (χ1n) is 14.2. The van der Waals surface area contributed by atoms with Gasteiger partial charge in [0.05, 0.1) is 6.10 Å². The van der Waals surface area contributed by atoms with Gasteiger partial charge in [-0.15, -0.1) is 0 Å². The number of H-pyrrole nitrogens is 1. The van der Waals surface area contributed by atoms with Crippen LogP contribution in [0.15, 0.2) is 24.0 Å². The molecule has 2 N–H and O–H groups in total. The number of imidazole rings is 1. The van der Waals surface area contributed by atoms with Gasteiger partial charge in [-0.25, -0.2) is 4.98 Å². The van der Waals surface area contributed by atoms with Crippen LogP contribution in [0.1, 0.15) is 104 Å². The molecule has 3 fully saturated rings. The summed E-state index contributed by atoms with van der Waals surface area (Å²) < 4.78 is 0. The maximum absolute atomic E-state index is 10.3. The van der Waals surface area contributed by atoms with Gasteiger partial charge in [-0.1, -0.05) is 58.6 Å². The van der Waals surface area contributed by atoms with Gasteiger partial charge in [0.25, 0.3) is 0 Å². The molecule has 1 heterocycles. The lowest BCUT2D eigenvalue weighted by atomic mass is 9.47. The average molecular weight is 453 g/mol. The molecule has 33 heavy (non-hydrogen) atoms. The number of aliphatic hydroxyl groups excluding tert-OH is 1. The monoisotopic (exact) mass is 452 g/mol. The summed E-state index contributed by atoms with van der Waals surface area (Å²) >= 11 is 0. The van der Waals surface area contributed by atoms with Crippen LogP contribution in [0.4, 0.5) is 0 Å². The highest BCUT2D eigenvalue weighted by Gasteiger charge is 2.59. The number of aromatic amines is 1. The number of hydrogen-bond donors (Lipinski definition) is 2. The first kappa shape index (κ1) is 23.6. The summed E-state index contributed by atoms with van der Waals surface area (Å²) in [7, 11) is 0. The number of fused-ring (bicyclic) bond motifs is 5. The molecular formula is C30H48N2O. The van der Waals surface area contributed by atoms with Crippen molar-refractivity contribution in [3.05, 3.63) is 29.9 Å². The molecule has 184 valence electrons. The van der Waals surface area contributed by atoms with Crippen molar-refractivity contribution in [2.75, 3.05) is 0 Å². The highest BCUT2D eigenvalue weighted by Crippen LogP contribution is 2.67. The first-order valence-corrected chi connectivity index (χ1v) is 14.2. The van der Waals surface area contributed by atoms with Crippen LogP contribution in [-0.2, 0) is 6.42 Å². The van der Waals surface area contributed by atoms with Crippen molar-refractivity contribution >= 4 is 0 Å². The van der Waals surface area contributed by atoms with Crippen molar-refractivity contribution in [2.24, 2.45) is 46.3 Å². The summed E-state index contributed by atoms with van der Waals surface area (Å²) in [6.45, 7) is 10.2. The molecule has 4 aliphatic carbocycles. The van der Waals surface area contributed by atoms with Crippen molar-refractivity contribution in [3.63, 3.8) is 0 Å². The maximum Gasteiger partial charge on any atom is 0.106 e. The molecule has 0 bridgehead atoms. The Hall–Kier alpha value is -1.09.